The Morgan fingerprint density at radius 1 is 0.862 bits per heavy atom. The molecule has 4 rings (SSSR count). The van der Waals surface area contributed by atoms with E-state index in [4.69, 9.17) is 0 Å². The highest BCUT2D eigenvalue weighted by Gasteiger charge is 2.14. The third-order valence-electron chi connectivity index (χ3n) is 5.07. The smallest absolute Gasteiger partial charge is 0.257 e. The van der Waals surface area contributed by atoms with Crippen molar-refractivity contribution in [3.8, 4) is 0 Å². The van der Waals surface area contributed by atoms with Crippen molar-refractivity contribution in [3.63, 3.8) is 0 Å². The monoisotopic (exact) mass is 387 g/mol. The van der Waals surface area contributed by atoms with E-state index in [2.05, 4.69) is 56.7 Å². The number of aromatic nitrogens is 1. The second kappa shape index (κ2) is 8.75. The number of carbonyl (C=O) groups is 1. The van der Waals surface area contributed by atoms with Crippen LogP contribution in [-0.4, -0.2) is 49.0 Å². The van der Waals surface area contributed by atoms with Gasteiger partial charge in [-0.25, -0.2) is 4.98 Å². The van der Waals surface area contributed by atoms with Crippen LogP contribution in [0.5, 0.6) is 0 Å². The summed E-state index contributed by atoms with van der Waals surface area (Å²) in [5.41, 5.74) is 3.49. The molecule has 0 atom stereocenters. The van der Waals surface area contributed by atoms with Crippen LogP contribution in [0.15, 0.2) is 72.9 Å². The Balaban J connectivity index is 1.35. The fraction of sp³-hybridized carbons (Fsp3) is 0.217. The van der Waals surface area contributed by atoms with E-state index < -0.39 is 0 Å². The third-order valence-corrected chi connectivity index (χ3v) is 5.07. The van der Waals surface area contributed by atoms with Crippen LogP contribution in [0.1, 0.15) is 10.4 Å². The Hall–Kier alpha value is -3.38. The Morgan fingerprint density at radius 3 is 2.24 bits per heavy atom. The number of likely N-dealkylation sites (N-methyl/N-ethyl adjacent to an activating group) is 1. The number of carbonyl (C=O) groups excluding carboxylic acids is 1. The minimum absolute atomic E-state index is 0.174. The summed E-state index contributed by atoms with van der Waals surface area (Å²) in [4.78, 5) is 21.4. The number of para-hydroxylation sites is 1. The third kappa shape index (κ3) is 4.92. The van der Waals surface area contributed by atoms with E-state index in [1.807, 2.05) is 36.4 Å². The number of amides is 1. The first-order valence-corrected chi connectivity index (χ1v) is 9.80. The molecule has 2 heterocycles. The van der Waals surface area contributed by atoms with Gasteiger partial charge in [0.15, 0.2) is 0 Å². The van der Waals surface area contributed by atoms with Crippen LogP contribution in [0.3, 0.4) is 0 Å². The molecule has 3 aromatic rings. The molecule has 148 valence electrons. The van der Waals surface area contributed by atoms with E-state index in [0.717, 1.165) is 37.6 Å². The Morgan fingerprint density at radius 2 is 1.59 bits per heavy atom. The number of hydrogen-bond donors (Lipinski definition) is 2. The summed E-state index contributed by atoms with van der Waals surface area (Å²) in [5, 5.41) is 6.15. The van der Waals surface area contributed by atoms with Crippen molar-refractivity contribution in [1.29, 1.82) is 0 Å². The quantitative estimate of drug-likeness (QED) is 0.697. The lowest BCUT2D eigenvalue weighted by atomic mass is 10.2. The largest absolute Gasteiger partial charge is 0.369 e. The number of benzene rings is 2. The lowest BCUT2D eigenvalue weighted by Crippen LogP contribution is -2.44. The molecule has 1 aliphatic heterocycles. The lowest BCUT2D eigenvalue weighted by molar-refractivity contribution is 0.102. The summed E-state index contributed by atoms with van der Waals surface area (Å²) < 4.78 is 0. The number of nitrogens with zero attached hydrogens (tertiary/aromatic N) is 3. The van der Waals surface area contributed by atoms with Crippen LogP contribution in [0.25, 0.3) is 0 Å². The molecule has 6 nitrogen and oxygen atoms in total. The van der Waals surface area contributed by atoms with E-state index in [9.17, 15) is 4.79 Å². The molecule has 2 N–H and O–H groups in total. The first-order valence-electron chi connectivity index (χ1n) is 9.80. The van der Waals surface area contributed by atoms with Crippen LogP contribution in [0, 0.1) is 0 Å². The van der Waals surface area contributed by atoms with Crippen molar-refractivity contribution in [2.45, 2.75) is 0 Å². The summed E-state index contributed by atoms with van der Waals surface area (Å²) in [7, 11) is 2.16. The molecule has 1 aliphatic rings. The van der Waals surface area contributed by atoms with Crippen molar-refractivity contribution in [1.82, 2.24) is 9.88 Å². The van der Waals surface area contributed by atoms with Crippen molar-refractivity contribution >= 4 is 28.8 Å². The highest BCUT2D eigenvalue weighted by Crippen LogP contribution is 2.21. The molecule has 1 amide bonds. The highest BCUT2D eigenvalue weighted by molar-refractivity contribution is 6.04. The summed E-state index contributed by atoms with van der Waals surface area (Å²) in [5.74, 6) is 0.528. The summed E-state index contributed by atoms with van der Waals surface area (Å²) >= 11 is 0. The molecule has 0 bridgehead atoms. The van der Waals surface area contributed by atoms with Gasteiger partial charge in [0.25, 0.3) is 5.91 Å². The molecule has 1 fully saturated rings. The molecule has 29 heavy (non-hydrogen) atoms. The highest BCUT2D eigenvalue weighted by atomic mass is 16.1. The molecular formula is C23H25N5O. The van der Waals surface area contributed by atoms with E-state index in [1.165, 1.54) is 5.69 Å². The molecule has 0 aliphatic carbocycles. The van der Waals surface area contributed by atoms with Crippen LogP contribution >= 0.6 is 0 Å². The van der Waals surface area contributed by atoms with E-state index in [1.54, 1.807) is 12.3 Å². The Labute approximate surface area is 171 Å². The minimum Gasteiger partial charge on any atom is -0.369 e. The summed E-state index contributed by atoms with van der Waals surface area (Å²) in [6.45, 7) is 4.29. The first kappa shape index (κ1) is 19.0. The maximum atomic E-state index is 12.3. The molecule has 6 heteroatoms. The van der Waals surface area contributed by atoms with Gasteiger partial charge in [0.2, 0.25) is 0 Å². The summed E-state index contributed by atoms with van der Waals surface area (Å²) in [6, 6.07) is 21.4. The van der Waals surface area contributed by atoms with Crippen LogP contribution in [0.4, 0.5) is 22.9 Å². The fourth-order valence-corrected chi connectivity index (χ4v) is 3.29. The second-order valence-electron chi connectivity index (χ2n) is 7.21. The number of pyridine rings is 1. The Kier molecular flexibility index (Phi) is 5.72. The second-order valence-corrected chi connectivity index (χ2v) is 7.21. The molecule has 2 aromatic carbocycles. The van der Waals surface area contributed by atoms with Gasteiger partial charge >= 0.3 is 0 Å². The number of nitrogens with one attached hydrogen (secondary N) is 2. The van der Waals surface area contributed by atoms with Crippen LogP contribution < -0.4 is 15.5 Å². The molecule has 0 saturated carbocycles. The molecule has 0 radical (unpaired) electrons. The zero-order valence-corrected chi connectivity index (χ0v) is 16.5. The van der Waals surface area contributed by atoms with E-state index in [-0.39, 0.29) is 5.91 Å². The van der Waals surface area contributed by atoms with Gasteiger partial charge < -0.3 is 20.4 Å². The zero-order chi connectivity index (χ0) is 20.1. The zero-order valence-electron chi connectivity index (χ0n) is 16.5. The maximum Gasteiger partial charge on any atom is 0.257 e. The van der Waals surface area contributed by atoms with E-state index in [0.29, 0.717) is 11.4 Å². The minimum atomic E-state index is -0.174. The summed E-state index contributed by atoms with van der Waals surface area (Å²) in [6.07, 6.45) is 1.58. The van der Waals surface area contributed by atoms with Gasteiger partial charge in [-0.1, -0.05) is 18.2 Å². The molecule has 0 unspecified atom stereocenters. The molecule has 0 spiro atoms. The normalized spacial score (nSPS) is 14.4. The van der Waals surface area contributed by atoms with Gasteiger partial charge in [0.05, 0.1) is 5.56 Å². The van der Waals surface area contributed by atoms with Gasteiger partial charge in [-0.15, -0.1) is 0 Å². The number of piperazine rings is 1. The van der Waals surface area contributed by atoms with Crippen molar-refractivity contribution in [2.24, 2.45) is 0 Å². The Bertz CT molecular complexity index is 933. The average Bonchev–Trinajstić information content (AvgIpc) is 2.76. The van der Waals surface area contributed by atoms with E-state index >= 15 is 0 Å². The maximum absolute atomic E-state index is 12.3. The standard InChI is InChI=1S/C23H25N5O/c1-27-13-15-28(16-14-27)21-10-8-20(9-11-21)25-22-12-7-18(17-24-22)23(29)26-19-5-3-2-4-6-19/h2-12,17H,13-16H2,1H3,(H,24,25)(H,26,29). The molecule has 1 aromatic heterocycles. The van der Waals surface area contributed by atoms with Crippen molar-refractivity contribution < 1.29 is 4.79 Å². The van der Waals surface area contributed by atoms with Gasteiger partial charge in [-0.05, 0) is 55.6 Å². The predicted octanol–water partition coefficient (Wildman–Crippen LogP) is 3.83. The van der Waals surface area contributed by atoms with Crippen molar-refractivity contribution in [3.05, 3.63) is 78.5 Å². The lowest BCUT2D eigenvalue weighted by Gasteiger charge is -2.34. The van der Waals surface area contributed by atoms with Crippen molar-refractivity contribution in [2.75, 3.05) is 48.8 Å². The van der Waals surface area contributed by atoms with Gasteiger partial charge in [0, 0.05) is 49.4 Å². The average molecular weight is 387 g/mol. The number of anilines is 4. The van der Waals surface area contributed by atoms with Crippen LogP contribution in [0.2, 0.25) is 0 Å². The first-order chi connectivity index (χ1) is 14.2. The topological polar surface area (TPSA) is 60.5 Å². The predicted molar refractivity (Wildman–Crippen MR) is 118 cm³/mol. The number of hydrogen-bond acceptors (Lipinski definition) is 5. The SMILES string of the molecule is CN1CCN(c2ccc(Nc3ccc(C(=O)Nc4ccccc4)cn3)cc2)CC1. The van der Waals surface area contributed by atoms with Gasteiger partial charge in [-0.2, -0.15) is 0 Å². The van der Waals surface area contributed by atoms with Crippen LogP contribution in [-0.2, 0) is 0 Å². The van der Waals surface area contributed by atoms with Gasteiger partial charge in [-0.3, -0.25) is 4.79 Å². The fourth-order valence-electron chi connectivity index (χ4n) is 3.29. The van der Waals surface area contributed by atoms with Gasteiger partial charge in [0.1, 0.15) is 5.82 Å². The molecular weight excluding hydrogens is 362 g/mol. The molecule has 1 saturated heterocycles. The number of rotatable bonds is 5.